The summed E-state index contributed by atoms with van der Waals surface area (Å²) in [7, 11) is 0. The zero-order valence-corrected chi connectivity index (χ0v) is 7.77. The monoisotopic (exact) mass is 162 g/mol. The van der Waals surface area contributed by atoms with Gasteiger partial charge in [0.25, 0.3) is 0 Å². The number of rotatable bonds is 0. The summed E-state index contributed by atoms with van der Waals surface area (Å²) >= 11 is 0. The van der Waals surface area contributed by atoms with E-state index in [4.69, 9.17) is 5.11 Å². The second-order valence-electron chi connectivity index (χ2n) is 3.22. The van der Waals surface area contributed by atoms with E-state index in [1.165, 1.54) is 38.5 Å². The molecule has 2 nitrogen and oxygen atoms in total. The van der Waals surface area contributed by atoms with Gasteiger partial charge in [-0.3, -0.25) is 0 Å². The summed E-state index contributed by atoms with van der Waals surface area (Å²) < 4.78 is 0. The van der Waals surface area contributed by atoms with Gasteiger partial charge in [0.1, 0.15) is 0 Å². The molecular weight excluding hydrogens is 140 g/mol. The van der Waals surface area contributed by atoms with E-state index in [1.807, 2.05) is 0 Å². The first-order valence-corrected chi connectivity index (χ1v) is 4.41. The molecule has 0 saturated heterocycles. The van der Waals surface area contributed by atoms with Crippen molar-refractivity contribution >= 4 is 0 Å². The highest BCUT2D eigenvalue weighted by atomic mass is 16.3. The zero-order valence-electron chi connectivity index (χ0n) is 7.77. The van der Waals surface area contributed by atoms with Crippen molar-refractivity contribution < 1.29 is 10.6 Å². The predicted molar refractivity (Wildman–Crippen MR) is 48.7 cm³/mol. The molecule has 1 aliphatic carbocycles. The standard InChI is InChI=1S/C6H12.C3H8O.H2O/c1-2-4-6-5-3-1;1-3(2)4;/h1-6H2;3-4H,1-2H3;1H2. The Kier molecular flexibility index (Phi) is 12.2. The normalized spacial score (nSPS) is 16.4. The van der Waals surface area contributed by atoms with Crippen molar-refractivity contribution in [2.75, 3.05) is 0 Å². The number of hydrogen-bond donors (Lipinski definition) is 1. The van der Waals surface area contributed by atoms with Gasteiger partial charge in [0.2, 0.25) is 0 Å². The van der Waals surface area contributed by atoms with Crippen LogP contribution in [0.3, 0.4) is 0 Å². The first-order chi connectivity index (χ1) is 4.73. The molecule has 3 N–H and O–H groups in total. The summed E-state index contributed by atoms with van der Waals surface area (Å²) in [6.45, 7) is 3.44. The Morgan fingerprint density at radius 2 is 0.909 bits per heavy atom. The molecule has 0 spiro atoms. The average Bonchev–Trinajstić information content (AvgIpc) is 1.90. The minimum absolute atomic E-state index is 0. The Morgan fingerprint density at radius 1 is 0.818 bits per heavy atom. The summed E-state index contributed by atoms with van der Waals surface area (Å²) in [5.41, 5.74) is 0. The lowest BCUT2D eigenvalue weighted by atomic mass is 10.0. The van der Waals surface area contributed by atoms with Gasteiger partial charge in [-0.2, -0.15) is 0 Å². The average molecular weight is 162 g/mol. The van der Waals surface area contributed by atoms with Crippen molar-refractivity contribution in [1.82, 2.24) is 0 Å². The SMILES string of the molecule is C1CCCCC1.CC(C)O.O. The lowest BCUT2D eigenvalue weighted by Gasteiger charge is -2.05. The molecule has 0 bridgehead atoms. The Labute approximate surface area is 69.9 Å². The van der Waals surface area contributed by atoms with Gasteiger partial charge in [-0.15, -0.1) is 0 Å². The van der Waals surface area contributed by atoms with E-state index in [-0.39, 0.29) is 11.6 Å². The highest BCUT2D eigenvalue weighted by Crippen LogP contribution is 2.15. The van der Waals surface area contributed by atoms with Crippen LogP contribution < -0.4 is 0 Å². The van der Waals surface area contributed by atoms with Crippen molar-refractivity contribution in [3.8, 4) is 0 Å². The second-order valence-corrected chi connectivity index (χ2v) is 3.22. The van der Waals surface area contributed by atoms with Gasteiger partial charge in [0.15, 0.2) is 0 Å². The fourth-order valence-electron chi connectivity index (χ4n) is 1.06. The molecule has 1 aliphatic rings. The van der Waals surface area contributed by atoms with Gasteiger partial charge in [-0.05, 0) is 13.8 Å². The lowest BCUT2D eigenvalue weighted by molar-refractivity contribution is 0.216. The molecule has 2 heteroatoms. The molecule has 0 aromatic rings. The van der Waals surface area contributed by atoms with Crippen molar-refractivity contribution in [2.45, 2.75) is 58.5 Å². The van der Waals surface area contributed by atoms with Gasteiger partial charge in [-0.25, -0.2) is 0 Å². The Bertz CT molecular complexity index is 44.3. The molecule has 0 aromatic carbocycles. The molecule has 0 atom stereocenters. The molecule has 0 radical (unpaired) electrons. The molecule has 0 amide bonds. The third-order valence-corrected chi connectivity index (χ3v) is 1.50. The number of hydrogen-bond acceptors (Lipinski definition) is 1. The van der Waals surface area contributed by atoms with Gasteiger partial charge in [0.05, 0.1) is 0 Å². The van der Waals surface area contributed by atoms with Crippen LogP contribution in [0.5, 0.6) is 0 Å². The van der Waals surface area contributed by atoms with Crippen LogP contribution >= 0.6 is 0 Å². The molecule has 11 heavy (non-hydrogen) atoms. The van der Waals surface area contributed by atoms with Gasteiger partial charge in [-0.1, -0.05) is 38.5 Å². The minimum atomic E-state index is -0.167. The quantitative estimate of drug-likeness (QED) is 0.581. The van der Waals surface area contributed by atoms with Gasteiger partial charge < -0.3 is 10.6 Å². The maximum atomic E-state index is 8.06. The van der Waals surface area contributed by atoms with E-state index in [1.54, 1.807) is 13.8 Å². The fourth-order valence-corrected chi connectivity index (χ4v) is 1.06. The maximum absolute atomic E-state index is 8.06. The van der Waals surface area contributed by atoms with Crippen molar-refractivity contribution in [3.63, 3.8) is 0 Å². The van der Waals surface area contributed by atoms with E-state index in [2.05, 4.69) is 0 Å². The van der Waals surface area contributed by atoms with E-state index >= 15 is 0 Å². The third kappa shape index (κ3) is 17.8. The van der Waals surface area contributed by atoms with Crippen LogP contribution in [-0.2, 0) is 0 Å². The van der Waals surface area contributed by atoms with Crippen LogP contribution in [0.2, 0.25) is 0 Å². The second kappa shape index (κ2) is 9.92. The van der Waals surface area contributed by atoms with Crippen LogP contribution in [-0.4, -0.2) is 16.7 Å². The van der Waals surface area contributed by atoms with E-state index < -0.39 is 0 Å². The Balaban J connectivity index is 0. The summed E-state index contributed by atoms with van der Waals surface area (Å²) in [6, 6.07) is 0. The minimum Gasteiger partial charge on any atom is -0.412 e. The Morgan fingerprint density at radius 3 is 1.00 bits per heavy atom. The molecule has 1 fully saturated rings. The highest BCUT2D eigenvalue weighted by Gasteiger charge is 1.95. The van der Waals surface area contributed by atoms with Crippen LogP contribution in [0.4, 0.5) is 0 Å². The summed E-state index contributed by atoms with van der Waals surface area (Å²) in [4.78, 5) is 0. The van der Waals surface area contributed by atoms with Crippen LogP contribution in [0.1, 0.15) is 52.4 Å². The molecular formula is C9H22O2. The molecule has 70 valence electrons. The van der Waals surface area contributed by atoms with Gasteiger partial charge in [0, 0.05) is 6.10 Å². The zero-order chi connectivity index (χ0) is 7.82. The van der Waals surface area contributed by atoms with Crippen LogP contribution in [0, 0.1) is 0 Å². The third-order valence-electron chi connectivity index (χ3n) is 1.50. The number of aliphatic hydroxyl groups excluding tert-OH is 1. The maximum Gasteiger partial charge on any atom is 0.0483 e. The molecule has 1 saturated carbocycles. The molecule has 0 unspecified atom stereocenters. The van der Waals surface area contributed by atoms with Gasteiger partial charge >= 0.3 is 0 Å². The first-order valence-electron chi connectivity index (χ1n) is 4.41. The van der Waals surface area contributed by atoms with E-state index in [0.717, 1.165) is 0 Å². The molecule has 0 aromatic heterocycles. The smallest absolute Gasteiger partial charge is 0.0483 e. The predicted octanol–water partition coefficient (Wildman–Crippen LogP) is 1.90. The van der Waals surface area contributed by atoms with Crippen molar-refractivity contribution in [1.29, 1.82) is 0 Å². The van der Waals surface area contributed by atoms with Crippen LogP contribution in [0.15, 0.2) is 0 Å². The molecule has 0 aliphatic heterocycles. The largest absolute Gasteiger partial charge is 0.412 e. The topological polar surface area (TPSA) is 51.7 Å². The summed E-state index contributed by atoms with van der Waals surface area (Å²) in [5, 5.41) is 8.06. The van der Waals surface area contributed by atoms with E-state index in [9.17, 15) is 0 Å². The lowest BCUT2D eigenvalue weighted by Crippen LogP contribution is -1.85. The molecule has 1 rings (SSSR count). The summed E-state index contributed by atoms with van der Waals surface area (Å²) in [5.74, 6) is 0. The Hall–Kier alpha value is -0.0800. The molecule has 0 heterocycles. The van der Waals surface area contributed by atoms with E-state index in [0.29, 0.717) is 0 Å². The number of aliphatic hydroxyl groups is 1. The first kappa shape index (κ1) is 13.5. The summed E-state index contributed by atoms with van der Waals surface area (Å²) in [6.07, 6.45) is 8.83. The fraction of sp³-hybridized carbons (Fsp3) is 1.00. The van der Waals surface area contributed by atoms with Crippen molar-refractivity contribution in [2.24, 2.45) is 0 Å². The van der Waals surface area contributed by atoms with Crippen molar-refractivity contribution in [3.05, 3.63) is 0 Å². The van der Waals surface area contributed by atoms with Crippen LogP contribution in [0.25, 0.3) is 0 Å². The highest BCUT2D eigenvalue weighted by molar-refractivity contribution is 4.51.